The lowest BCUT2D eigenvalue weighted by Gasteiger charge is -2.00. The Hall–Kier alpha value is -2.48. The van der Waals surface area contributed by atoms with Crippen molar-refractivity contribution >= 4 is 16.8 Å². The van der Waals surface area contributed by atoms with Crippen LogP contribution in [0.5, 0.6) is 5.75 Å². The van der Waals surface area contributed by atoms with Crippen molar-refractivity contribution in [2.24, 2.45) is 5.73 Å². The van der Waals surface area contributed by atoms with Gasteiger partial charge in [0.15, 0.2) is 0 Å². The van der Waals surface area contributed by atoms with Gasteiger partial charge >= 0.3 is 0 Å². The zero-order valence-corrected chi connectivity index (χ0v) is 7.61. The molecule has 74 valence electrons. The molecule has 0 spiro atoms. The number of hydrogen-bond donors (Lipinski definition) is 3. The minimum atomic E-state index is -0.605. The minimum absolute atomic E-state index is 0.0483. The van der Waals surface area contributed by atoms with Gasteiger partial charge in [0.05, 0.1) is 22.0 Å². The second-order valence-corrected chi connectivity index (χ2v) is 3.06. The maximum Gasteiger partial charge on any atom is 0.250 e. The summed E-state index contributed by atoms with van der Waals surface area (Å²) in [6, 6.07) is 4.67. The lowest BCUT2D eigenvalue weighted by atomic mass is 10.1. The molecule has 1 heterocycles. The third-order valence-corrected chi connectivity index (χ3v) is 2.20. The first-order chi connectivity index (χ1) is 7.15. The van der Waals surface area contributed by atoms with Gasteiger partial charge in [-0.2, -0.15) is 5.26 Å². The van der Waals surface area contributed by atoms with E-state index in [1.807, 2.05) is 6.07 Å². The Morgan fingerprint density at radius 3 is 2.87 bits per heavy atom. The molecule has 5 nitrogen and oxygen atoms in total. The Balaban J connectivity index is 2.92. The molecule has 0 saturated carbocycles. The molecule has 0 fully saturated rings. The van der Waals surface area contributed by atoms with Crippen LogP contribution in [0.15, 0.2) is 18.3 Å². The summed E-state index contributed by atoms with van der Waals surface area (Å²) in [6.45, 7) is 0. The molecule has 2 aromatic rings. The van der Waals surface area contributed by atoms with E-state index in [-0.39, 0.29) is 16.9 Å². The number of rotatable bonds is 1. The fourth-order valence-electron chi connectivity index (χ4n) is 1.52. The molecular weight excluding hydrogens is 194 g/mol. The number of amides is 1. The van der Waals surface area contributed by atoms with E-state index in [9.17, 15) is 9.90 Å². The highest BCUT2D eigenvalue weighted by Crippen LogP contribution is 2.29. The van der Waals surface area contributed by atoms with Gasteiger partial charge < -0.3 is 15.8 Å². The lowest BCUT2D eigenvalue weighted by molar-refractivity contribution is 0.100. The number of nitriles is 1. The SMILES string of the molecule is N#Cc1c[nH]c2c(C(N)=O)ccc(O)c12. The van der Waals surface area contributed by atoms with E-state index < -0.39 is 5.91 Å². The summed E-state index contributed by atoms with van der Waals surface area (Å²) in [7, 11) is 0. The first-order valence-corrected chi connectivity index (χ1v) is 4.18. The predicted molar refractivity (Wildman–Crippen MR) is 53.2 cm³/mol. The number of fused-ring (bicyclic) bond motifs is 1. The predicted octanol–water partition coefficient (Wildman–Crippen LogP) is 0.844. The number of aromatic nitrogens is 1. The van der Waals surface area contributed by atoms with Gasteiger partial charge in [-0.1, -0.05) is 0 Å². The molecule has 0 radical (unpaired) electrons. The zero-order valence-electron chi connectivity index (χ0n) is 7.61. The fourth-order valence-corrected chi connectivity index (χ4v) is 1.52. The number of phenols is 1. The number of aromatic amines is 1. The summed E-state index contributed by atoms with van der Waals surface area (Å²) < 4.78 is 0. The smallest absolute Gasteiger partial charge is 0.250 e. The Labute approximate surface area is 84.7 Å². The number of nitrogens with zero attached hydrogens (tertiary/aromatic N) is 1. The number of carbonyl (C=O) groups is 1. The number of H-pyrrole nitrogens is 1. The van der Waals surface area contributed by atoms with Gasteiger partial charge in [-0.25, -0.2) is 0 Å². The average molecular weight is 201 g/mol. The van der Waals surface area contributed by atoms with Crippen LogP contribution < -0.4 is 5.73 Å². The van der Waals surface area contributed by atoms with Crippen molar-refractivity contribution in [3.63, 3.8) is 0 Å². The summed E-state index contributed by atoms with van der Waals surface area (Å²) >= 11 is 0. The minimum Gasteiger partial charge on any atom is -0.507 e. The molecule has 1 amide bonds. The largest absolute Gasteiger partial charge is 0.507 e. The molecule has 1 aromatic carbocycles. The first-order valence-electron chi connectivity index (χ1n) is 4.18. The van der Waals surface area contributed by atoms with Crippen LogP contribution in [0.25, 0.3) is 10.9 Å². The molecule has 5 heteroatoms. The van der Waals surface area contributed by atoms with Crippen molar-refractivity contribution in [1.29, 1.82) is 5.26 Å². The van der Waals surface area contributed by atoms with Gasteiger partial charge in [-0.3, -0.25) is 4.79 Å². The number of carbonyl (C=O) groups excluding carboxylic acids is 1. The number of nitrogens with one attached hydrogen (secondary N) is 1. The molecule has 0 aliphatic heterocycles. The van der Waals surface area contributed by atoms with Gasteiger partial charge in [-0.05, 0) is 12.1 Å². The lowest BCUT2D eigenvalue weighted by Crippen LogP contribution is -2.11. The van der Waals surface area contributed by atoms with Crippen molar-refractivity contribution in [3.05, 3.63) is 29.5 Å². The fraction of sp³-hybridized carbons (Fsp3) is 0. The second kappa shape index (κ2) is 3.03. The van der Waals surface area contributed by atoms with Gasteiger partial charge in [-0.15, -0.1) is 0 Å². The van der Waals surface area contributed by atoms with E-state index in [0.29, 0.717) is 10.9 Å². The first kappa shape index (κ1) is 9.09. The van der Waals surface area contributed by atoms with Crippen molar-refractivity contribution in [2.75, 3.05) is 0 Å². The van der Waals surface area contributed by atoms with E-state index in [4.69, 9.17) is 11.0 Å². The highest BCUT2D eigenvalue weighted by molar-refractivity contribution is 6.08. The third kappa shape index (κ3) is 1.20. The van der Waals surface area contributed by atoms with E-state index in [2.05, 4.69) is 4.98 Å². The van der Waals surface area contributed by atoms with Crippen molar-refractivity contribution in [1.82, 2.24) is 4.98 Å². The highest BCUT2D eigenvalue weighted by Gasteiger charge is 2.14. The van der Waals surface area contributed by atoms with Crippen molar-refractivity contribution in [2.45, 2.75) is 0 Å². The molecule has 2 rings (SSSR count). The topological polar surface area (TPSA) is 103 Å². The van der Waals surface area contributed by atoms with E-state index in [1.54, 1.807) is 0 Å². The summed E-state index contributed by atoms with van der Waals surface area (Å²) in [5, 5.41) is 18.7. The van der Waals surface area contributed by atoms with Crippen molar-refractivity contribution < 1.29 is 9.90 Å². The van der Waals surface area contributed by atoms with Crippen molar-refractivity contribution in [3.8, 4) is 11.8 Å². The second-order valence-electron chi connectivity index (χ2n) is 3.06. The van der Waals surface area contributed by atoms with Gasteiger partial charge in [0.2, 0.25) is 0 Å². The van der Waals surface area contributed by atoms with Crippen LogP contribution in [0, 0.1) is 11.3 Å². The molecule has 0 atom stereocenters. The number of primary amides is 1. The maximum atomic E-state index is 11.1. The van der Waals surface area contributed by atoms with Gasteiger partial charge in [0.25, 0.3) is 5.91 Å². The Bertz CT molecular complexity index is 592. The van der Waals surface area contributed by atoms with E-state index in [1.165, 1.54) is 18.3 Å². The summed E-state index contributed by atoms with van der Waals surface area (Å²) in [5.74, 6) is -0.654. The number of benzene rings is 1. The van der Waals surface area contributed by atoms with Crippen LogP contribution in [0.2, 0.25) is 0 Å². The number of aromatic hydroxyl groups is 1. The monoisotopic (exact) mass is 201 g/mol. The molecule has 0 aliphatic carbocycles. The highest BCUT2D eigenvalue weighted by atomic mass is 16.3. The van der Waals surface area contributed by atoms with Crippen LogP contribution in [-0.2, 0) is 0 Å². The maximum absolute atomic E-state index is 11.1. The van der Waals surface area contributed by atoms with Gasteiger partial charge in [0, 0.05) is 6.20 Å². The normalized spacial score (nSPS) is 10.1. The molecule has 0 aliphatic rings. The van der Waals surface area contributed by atoms with Crippen LogP contribution in [0.1, 0.15) is 15.9 Å². The molecular formula is C10H7N3O2. The Morgan fingerprint density at radius 2 is 2.27 bits per heavy atom. The van der Waals surface area contributed by atoms with Crippen LogP contribution in [0.3, 0.4) is 0 Å². The molecule has 4 N–H and O–H groups in total. The van der Waals surface area contributed by atoms with Crippen LogP contribution in [0.4, 0.5) is 0 Å². The summed E-state index contributed by atoms with van der Waals surface area (Å²) in [5.41, 5.74) is 6.08. The van der Waals surface area contributed by atoms with E-state index >= 15 is 0 Å². The average Bonchev–Trinajstić information content (AvgIpc) is 2.62. The molecule has 1 aromatic heterocycles. The van der Waals surface area contributed by atoms with Crippen LogP contribution in [-0.4, -0.2) is 16.0 Å². The summed E-state index contributed by atoms with van der Waals surface area (Å²) in [4.78, 5) is 13.8. The van der Waals surface area contributed by atoms with Crippen LogP contribution >= 0.6 is 0 Å². The number of hydrogen-bond acceptors (Lipinski definition) is 3. The molecule has 0 bridgehead atoms. The molecule has 0 saturated heterocycles. The third-order valence-electron chi connectivity index (χ3n) is 2.20. The standard InChI is InChI=1S/C10H7N3O2/c11-3-5-4-13-9-6(10(12)15)1-2-7(14)8(5)9/h1-2,4,13-14H,(H2,12,15). The number of phenolic OH excluding ortho intramolecular Hbond substituents is 1. The quantitative estimate of drug-likeness (QED) is 0.636. The Morgan fingerprint density at radius 1 is 1.53 bits per heavy atom. The summed E-state index contributed by atoms with van der Waals surface area (Å²) in [6.07, 6.45) is 1.43. The molecule has 0 unspecified atom stereocenters. The van der Waals surface area contributed by atoms with Gasteiger partial charge in [0.1, 0.15) is 11.8 Å². The molecule has 15 heavy (non-hydrogen) atoms. The van der Waals surface area contributed by atoms with E-state index in [0.717, 1.165) is 0 Å². The Kier molecular flexibility index (Phi) is 1.83. The zero-order chi connectivity index (χ0) is 11.0. The number of nitrogens with two attached hydrogens (primary N) is 1.